The number of amides is 1. The third-order valence-corrected chi connectivity index (χ3v) is 3.55. The maximum Gasteiger partial charge on any atom is 0.416 e. The molecule has 2 aromatic rings. The van der Waals surface area contributed by atoms with Crippen LogP contribution in [0.2, 0.25) is 5.02 Å². The highest BCUT2D eigenvalue weighted by atomic mass is 35.5. The van der Waals surface area contributed by atoms with E-state index in [2.05, 4.69) is 5.32 Å². The summed E-state index contributed by atoms with van der Waals surface area (Å²) in [5, 5.41) is 12.6. The number of rotatable bonds is 6. The molecule has 134 valence electrons. The molecule has 4 nitrogen and oxygen atoms in total. The molecule has 1 unspecified atom stereocenters. The third-order valence-electron chi connectivity index (χ3n) is 3.22. The van der Waals surface area contributed by atoms with Crippen LogP contribution in [0, 0.1) is 0 Å². The number of halogens is 4. The molecule has 0 radical (unpaired) electrons. The first-order chi connectivity index (χ1) is 11.8. The zero-order valence-electron chi connectivity index (χ0n) is 12.9. The Kier molecular flexibility index (Phi) is 6.27. The third kappa shape index (κ3) is 5.65. The normalized spacial score (nSPS) is 12.5. The smallest absolute Gasteiger partial charge is 0.416 e. The number of benzene rings is 2. The second-order valence-corrected chi connectivity index (χ2v) is 5.59. The van der Waals surface area contributed by atoms with Crippen LogP contribution in [-0.4, -0.2) is 30.3 Å². The lowest BCUT2D eigenvalue weighted by atomic mass is 10.2. The molecule has 1 atom stereocenters. The molecule has 8 heteroatoms. The molecule has 0 fully saturated rings. The summed E-state index contributed by atoms with van der Waals surface area (Å²) < 4.78 is 43.0. The van der Waals surface area contributed by atoms with E-state index in [0.717, 1.165) is 12.1 Å². The summed E-state index contributed by atoms with van der Waals surface area (Å²) in [4.78, 5) is 11.9. The molecule has 2 rings (SSSR count). The van der Waals surface area contributed by atoms with Crippen LogP contribution < -0.4 is 10.1 Å². The highest BCUT2D eigenvalue weighted by Gasteiger charge is 2.30. The van der Waals surface area contributed by atoms with Gasteiger partial charge in [-0.05, 0) is 30.3 Å². The molecule has 0 saturated carbocycles. The van der Waals surface area contributed by atoms with E-state index >= 15 is 0 Å². The van der Waals surface area contributed by atoms with Gasteiger partial charge in [-0.2, -0.15) is 13.2 Å². The molecule has 2 N–H and O–H groups in total. The van der Waals surface area contributed by atoms with Crippen LogP contribution in [0.1, 0.15) is 15.9 Å². The van der Waals surface area contributed by atoms with Crippen molar-refractivity contribution in [3.8, 4) is 5.75 Å². The maximum absolute atomic E-state index is 12.6. The van der Waals surface area contributed by atoms with Crippen LogP contribution in [-0.2, 0) is 6.18 Å². The number of aliphatic hydroxyl groups excluding tert-OH is 1. The lowest BCUT2D eigenvalue weighted by Crippen LogP contribution is -2.35. The van der Waals surface area contributed by atoms with Gasteiger partial charge in [-0.3, -0.25) is 4.79 Å². The first kappa shape index (κ1) is 19.1. The summed E-state index contributed by atoms with van der Waals surface area (Å²) in [6.07, 6.45) is -5.57. The lowest BCUT2D eigenvalue weighted by molar-refractivity contribution is -0.137. The minimum Gasteiger partial charge on any atom is -0.491 e. The topological polar surface area (TPSA) is 58.6 Å². The van der Waals surface area contributed by atoms with Crippen molar-refractivity contribution >= 4 is 17.5 Å². The monoisotopic (exact) mass is 373 g/mol. The van der Waals surface area contributed by atoms with Crippen LogP contribution in [0.3, 0.4) is 0 Å². The Balaban J connectivity index is 1.84. The van der Waals surface area contributed by atoms with Gasteiger partial charge in [0.05, 0.1) is 16.1 Å². The molecule has 0 aliphatic rings. The number of nitrogens with one attached hydrogen (secondary N) is 1. The SMILES string of the molecule is O=C(NCC(O)COc1cccc(C(F)(F)F)c1)c1ccccc1Cl. The van der Waals surface area contributed by atoms with Crippen molar-refractivity contribution in [2.45, 2.75) is 12.3 Å². The van der Waals surface area contributed by atoms with Gasteiger partial charge in [0.1, 0.15) is 18.5 Å². The summed E-state index contributed by atoms with van der Waals surface area (Å²) in [7, 11) is 0. The summed E-state index contributed by atoms with van der Waals surface area (Å²) >= 11 is 5.89. The van der Waals surface area contributed by atoms with Crippen LogP contribution in [0.5, 0.6) is 5.75 Å². The van der Waals surface area contributed by atoms with Gasteiger partial charge in [0.25, 0.3) is 5.91 Å². The second kappa shape index (κ2) is 8.22. The number of alkyl halides is 3. The Bertz CT molecular complexity index is 737. The number of ether oxygens (including phenoxy) is 1. The van der Waals surface area contributed by atoms with Crippen LogP contribution >= 0.6 is 11.6 Å². The molecular formula is C17H15ClF3NO3. The molecule has 2 aromatic carbocycles. The number of carbonyl (C=O) groups is 1. The lowest BCUT2D eigenvalue weighted by Gasteiger charge is -2.14. The Labute approximate surface area is 147 Å². The van der Waals surface area contributed by atoms with Gasteiger partial charge in [0.2, 0.25) is 0 Å². The molecule has 0 saturated heterocycles. The minimum absolute atomic E-state index is 0.0219. The molecule has 0 aliphatic carbocycles. The van der Waals surface area contributed by atoms with Gasteiger partial charge in [0.15, 0.2) is 0 Å². The van der Waals surface area contributed by atoms with Crippen molar-refractivity contribution in [2.24, 2.45) is 0 Å². The highest BCUT2D eigenvalue weighted by molar-refractivity contribution is 6.33. The van der Waals surface area contributed by atoms with Gasteiger partial charge in [-0.1, -0.05) is 29.8 Å². The summed E-state index contributed by atoms with van der Waals surface area (Å²) in [6, 6.07) is 10.7. The van der Waals surface area contributed by atoms with Crippen molar-refractivity contribution in [3.05, 3.63) is 64.7 Å². The van der Waals surface area contributed by atoms with E-state index in [1.807, 2.05) is 0 Å². The van der Waals surface area contributed by atoms with Crippen LogP contribution in [0.4, 0.5) is 13.2 Å². The summed E-state index contributed by atoms with van der Waals surface area (Å²) in [5.41, 5.74) is -0.582. The van der Waals surface area contributed by atoms with E-state index in [4.69, 9.17) is 16.3 Å². The Morgan fingerprint density at radius 3 is 2.60 bits per heavy atom. The molecule has 1 amide bonds. The quantitative estimate of drug-likeness (QED) is 0.814. The highest BCUT2D eigenvalue weighted by Crippen LogP contribution is 2.31. The zero-order valence-corrected chi connectivity index (χ0v) is 13.6. The Morgan fingerprint density at radius 1 is 1.20 bits per heavy atom. The Morgan fingerprint density at radius 2 is 1.92 bits per heavy atom. The van der Waals surface area contributed by atoms with Gasteiger partial charge in [0, 0.05) is 6.54 Å². The molecular weight excluding hydrogens is 359 g/mol. The van der Waals surface area contributed by atoms with Crippen LogP contribution in [0.25, 0.3) is 0 Å². The van der Waals surface area contributed by atoms with Crippen molar-refractivity contribution in [2.75, 3.05) is 13.2 Å². The molecule has 0 spiro atoms. The summed E-state index contributed by atoms with van der Waals surface area (Å²) in [5.74, 6) is -0.491. The number of hydrogen-bond acceptors (Lipinski definition) is 3. The fraction of sp³-hybridized carbons (Fsp3) is 0.235. The predicted molar refractivity (Wildman–Crippen MR) is 86.7 cm³/mol. The van der Waals surface area contributed by atoms with Gasteiger partial charge < -0.3 is 15.2 Å². The standard InChI is InChI=1S/C17H15ClF3NO3/c18-15-7-2-1-6-14(15)16(24)22-9-12(23)10-25-13-5-3-4-11(8-13)17(19,20)21/h1-8,12,23H,9-10H2,(H,22,24). The molecule has 25 heavy (non-hydrogen) atoms. The predicted octanol–water partition coefficient (Wildman–Crippen LogP) is 3.53. The first-order valence-electron chi connectivity index (χ1n) is 7.28. The number of carbonyl (C=O) groups excluding carboxylic acids is 1. The number of hydrogen-bond donors (Lipinski definition) is 2. The maximum atomic E-state index is 12.6. The summed E-state index contributed by atoms with van der Waals surface area (Å²) in [6.45, 7) is -0.410. The van der Waals surface area contributed by atoms with Gasteiger partial charge in [-0.25, -0.2) is 0 Å². The van der Waals surface area contributed by atoms with E-state index < -0.39 is 23.8 Å². The van der Waals surface area contributed by atoms with E-state index in [1.54, 1.807) is 18.2 Å². The molecule has 0 heterocycles. The fourth-order valence-corrected chi connectivity index (χ4v) is 2.19. The van der Waals surface area contributed by atoms with Crippen molar-refractivity contribution in [1.29, 1.82) is 0 Å². The average molecular weight is 374 g/mol. The first-order valence-corrected chi connectivity index (χ1v) is 7.66. The average Bonchev–Trinajstić information content (AvgIpc) is 2.58. The van der Waals surface area contributed by atoms with Gasteiger partial charge >= 0.3 is 6.18 Å². The number of aliphatic hydroxyl groups is 1. The van der Waals surface area contributed by atoms with E-state index in [0.29, 0.717) is 0 Å². The van der Waals surface area contributed by atoms with Crippen molar-refractivity contribution in [3.63, 3.8) is 0 Å². The van der Waals surface area contributed by atoms with E-state index in [-0.39, 0.29) is 29.5 Å². The Hall–Kier alpha value is -2.25. The van der Waals surface area contributed by atoms with Crippen molar-refractivity contribution in [1.82, 2.24) is 5.32 Å². The molecule has 0 bridgehead atoms. The van der Waals surface area contributed by atoms with Crippen molar-refractivity contribution < 1.29 is 27.8 Å². The fourth-order valence-electron chi connectivity index (χ4n) is 1.96. The molecule has 0 aliphatic heterocycles. The van der Waals surface area contributed by atoms with E-state index in [9.17, 15) is 23.1 Å². The molecule has 0 aromatic heterocycles. The van der Waals surface area contributed by atoms with E-state index in [1.165, 1.54) is 18.2 Å². The van der Waals surface area contributed by atoms with Gasteiger partial charge in [-0.15, -0.1) is 0 Å². The largest absolute Gasteiger partial charge is 0.491 e. The second-order valence-electron chi connectivity index (χ2n) is 5.18. The zero-order chi connectivity index (χ0) is 18.4. The minimum atomic E-state index is -4.47. The van der Waals surface area contributed by atoms with Crippen LogP contribution in [0.15, 0.2) is 48.5 Å².